The topological polar surface area (TPSA) is 96.7 Å². The van der Waals surface area contributed by atoms with E-state index < -0.39 is 26.6 Å². The van der Waals surface area contributed by atoms with Gasteiger partial charge in [-0.25, -0.2) is 22.3 Å². The summed E-state index contributed by atoms with van der Waals surface area (Å²) in [6.07, 6.45) is 5.64. The maximum absolute atomic E-state index is 14.3. The summed E-state index contributed by atoms with van der Waals surface area (Å²) in [5, 5.41) is 6.61. The number of hydrogen-bond acceptors (Lipinski definition) is 5. The number of nitrogens with one attached hydrogen (secondary N) is 1. The molecule has 0 atom stereocenters. The number of sulfonamides is 1. The van der Waals surface area contributed by atoms with E-state index in [1.165, 1.54) is 14.9 Å². The van der Waals surface area contributed by atoms with E-state index in [2.05, 4.69) is 15.4 Å². The monoisotopic (exact) mass is 403 g/mol. The normalized spacial score (nSPS) is 15.6. The third-order valence-corrected chi connectivity index (χ3v) is 6.54. The molecule has 0 aliphatic carbocycles. The summed E-state index contributed by atoms with van der Waals surface area (Å²) in [5.74, 6) is -1.17. The summed E-state index contributed by atoms with van der Waals surface area (Å²) in [7, 11) is -3.99. The third kappa shape index (κ3) is 3.48. The predicted molar refractivity (Wildman–Crippen MR) is 100.0 cm³/mol. The van der Waals surface area contributed by atoms with E-state index in [1.54, 1.807) is 24.5 Å². The molecule has 0 unspecified atom stereocenters. The Hall–Kier alpha value is -2.85. The van der Waals surface area contributed by atoms with Gasteiger partial charge in [0.1, 0.15) is 16.5 Å². The number of anilines is 1. The molecule has 4 rings (SSSR count). The molecule has 1 aliphatic rings. The van der Waals surface area contributed by atoms with E-state index in [4.69, 9.17) is 0 Å². The van der Waals surface area contributed by atoms with Crippen molar-refractivity contribution < 1.29 is 17.6 Å². The highest BCUT2D eigenvalue weighted by molar-refractivity contribution is 7.89. The van der Waals surface area contributed by atoms with Gasteiger partial charge in [0.2, 0.25) is 10.0 Å². The van der Waals surface area contributed by atoms with Crippen molar-refractivity contribution in [2.45, 2.75) is 24.2 Å². The fraction of sp³-hybridized carbons (Fsp3) is 0.278. The Morgan fingerprint density at radius 2 is 1.89 bits per heavy atom. The summed E-state index contributed by atoms with van der Waals surface area (Å²) in [4.78, 5) is 16.3. The largest absolute Gasteiger partial charge is 0.306 e. The highest BCUT2D eigenvalue weighted by Gasteiger charge is 2.29. The van der Waals surface area contributed by atoms with Crippen LogP contribution in [0.1, 0.15) is 29.6 Å². The summed E-state index contributed by atoms with van der Waals surface area (Å²) >= 11 is 0. The fourth-order valence-electron chi connectivity index (χ4n) is 3.16. The van der Waals surface area contributed by atoms with Crippen LogP contribution in [0.3, 0.4) is 0 Å². The molecule has 0 spiro atoms. The molecule has 1 aliphatic heterocycles. The number of benzene rings is 1. The van der Waals surface area contributed by atoms with E-state index in [-0.39, 0.29) is 11.4 Å². The standard InChI is InChI=1S/C18H18FN5O3S/c19-14-5-4-13(12-15(14)28(26,27)23-9-2-1-3-10-23)18(25)22-16-7-11-24-17(21-16)6-8-20-24/h4-8,11-12H,1-3,9-10H2,(H,21,22,25). The summed E-state index contributed by atoms with van der Waals surface area (Å²) in [6, 6.07) is 6.56. The molecule has 2 aromatic heterocycles. The van der Waals surface area contributed by atoms with Crippen LogP contribution in [0.2, 0.25) is 0 Å². The van der Waals surface area contributed by atoms with E-state index >= 15 is 0 Å². The molecule has 1 saturated heterocycles. The number of carbonyl (C=O) groups excluding carboxylic acids is 1. The van der Waals surface area contributed by atoms with Gasteiger partial charge in [-0.15, -0.1) is 0 Å². The maximum Gasteiger partial charge on any atom is 0.256 e. The van der Waals surface area contributed by atoms with Gasteiger partial charge in [0.25, 0.3) is 5.91 Å². The van der Waals surface area contributed by atoms with Crippen LogP contribution in [-0.2, 0) is 10.0 Å². The van der Waals surface area contributed by atoms with Crippen LogP contribution in [-0.4, -0.2) is 46.3 Å². The second-order valence-electron chi connectivity index (χ2n) is 6.51. The van der Waals surface area contributed by atoms with Gasteiger partial charge in [0.05, 0.1) is 6.20 Å². The third-order valence-electron chi connectivity index (χ3n) is 4.63. The SMILES string of the molecule is O=C(Nc1ccn2nccc2n1)c1ccc(F)c(S(=O)(=O)N2CCCCC2)c1. The van der Waals surface area contributed by atoms with Crippen LogP contribution in [0.5, 0.6) is 0 Å². The van der Waals surface area contributed by atoms with Gasteiger partial charge >= 0.3 is 0 Å². The number of halogens is 1. The molecule has 1 fully saturated rings. The molecular formula is C18H18FN5O3S. The number of aromatic nitrogens is 3. The number of fused-ring (bicyclic) bond motifs is 1. The molecule has 3 heterocycles. The number of amides is 1. The molecule has 1 N–H and O–H groups in total. The Kier molecular flexibility index (Phi) is 4.82. The van der Waals surface area contributed by atoms with Gasteiger partial charge in [-0.05, 0) is 37.1 Å². The van der Waals surface area contributed by atoms with Crippen molar-refractivity contribution in [3.8, 4) is 0 Å². The van der Waals surface area contributed by atoms with Crippen molar-refractivity contribution in [1.82, 2.24) is 18.9 Å². The lowest BCUT2D eigenvalue weighted by atomic mass is 10.2. The Morgan fingerprint density at radius 3 is 2.68 bits per heavy atom. The minimum Gasteiger partial charge on any atom is -0.306 e. The average Bonchev–Trinajstić information content (AvgIpc) is 3.16. The van der Waals surface area contributed by atoms with Gasteiger partial charge in [-0.2, -0.15) is 9.40 Å². The maximum atomic E-state index is 14.3. The lowest BCUT2D eigenvalue weighted by Crippen LogP contribution is -2.36. The van der Waals surface area contributed by atoms with Gasteiger partial charge in [0.15, 0.2) is 5.65 Å². The number of hydrogen-bond donors (Lipinski definition) is 1. The second-order valence-corrected chi connectivity index (χ2v) is 8.42. The van der Waals surface area contributed by atoms with Crippen molar-refractivity contribution in [1.29, 1.82) is 0 Å². The lowest BCUT2D eigenvalue weighted by Gasteiger charge is -2.26. The highest BCUT2D eigenvalue weighted by Crippen LogP contribution is 2.24. The molecule has 0 bridgehead atoms. The fourth-order valence-corrected chi connectivity index (χ4v) is 4.76. The first-order valence-corrected chi connectivity index (χ1v) is 10.3. The molecular weight excluding hydrogens is 385 g/mol. The lowest BCUT2D eigenvalue weighted by molar-refractivity contribution is 0.102. The first kappa shape index (κ1) is 18.5. The smallest absolute Gasteiger partial charge is 0.256 e. The minimum absolute atomic E-state index is 0.0344. The van der Waals surface area contributed by atoms with Gasteiger partial charge in [-0.3, -0.25) is 4.79 Å². The van der Waals surface area contributed by atoms with Gasteiger partial charge < -0.3 is 5.32 Å². The number of piperidine rings is 1. The number of nitrogens with zero attached hydrogens (tertiary/aromatic N) is 4. The molecule has 0 saturated carbocycles. The molecule has 8 nitrogen and oxygen atoms in total. The van der Waals surface area contributed by atoms with Gasteiger partial charge in [-0.1, -0.05) is 6.42 Å². The molecule has 1 amide bonds. The zero-order valence-corrected chi connectivity index (χ0v) is 15.7. The van der Waals surface area contributed by atoms with Crippen molar-refractivity contribution in [3.63, 3.8) is 0 Å². The first-order chi connectivity index (χ1) is 13.4. The van der Waals surface area contributed by atoms with E-state index in [9.17, 15) is 17.6 Å². The van der Waals surface area contributed by atoms with Crippen LogP contribution in [0, 0.1) is 5.82 Å². The van der Waals surface area contributed by atoms with Crippen LogP contribution in [0.25, 0.3) is 5.65 Å². The van der Waals surface area contributed by atoms with Crippen LogP contribution < -0.4 is 5.32 Å². The zero-order valence-electron chi connectivity index (χ0n) is 14.9. The summed E-state index contributed by atoms with van der Waals surface area (Å²) in [5.41, 5.74) is 0.581. The van der Waals surface area contributed by atoms with Crippen LogP contribution >= 0.6 is 0 Å². The van der Waals surface area contributed by atoms with E-state index in [1.807, 2.05) is 0 Å². The molecule has 28 heavy (non-hydrogen) atoms. The summed E-state index contributed by atoms with van der Waals surface area (Å²) in [6.45, 7) is 0.709. The van der Waals surface area contributed by atoms with E-state index in [0.29, 0.717) is 18.7 Å². The van der Waals surface area contributed by atoms with E-state index in [0.717, 1.165) is 31.4 Å². The Bertz CT molecular complexity index is 1140. The molecule has 1 aromatic carbocycles. The predicted octanol–water partition coefficient (Wildman–Crippen LogP) is 2.30. The van der Waals surface area contributed by atoms with Crippen LogP contribution in [0.4, 0.5) is 10.2 Å². The quantitative estimate of drug-likeness (QED) is 0.721. The highest BCUT2D eigenvalue weighted by atomic mass is 32.2. The van der Waals surface area contributed by atoms with Gasteiger partial charge in [0, 0.05) is 30.9 Å². The molecule has 10 heteroatoms. The zero-order chi connectivity index (χ0) is 19.7. The second kappa shape index (κ2) is 7.28. The van der Waals surface area contributed by atoms with Crippen molar-refractivity contribution in [2.24, 2.45) is 0 Å². The summed E-state index contributed by atoms with van der Waals surface area (Å²) < 4.78 is 42.7. The Morgan fingerprint density at radius 1 is 1.11 bits per heavy atom. The van der Waals surface area contributed by atoms with Crippen LogP contribution in [0.15, 0.2) is 47.6 Å². The Labute approximate surface area is 161 Å². The molecule has 3 aromatic rings. The van der Waals surface area contributed by atoms with Crippen molar-refractivity contribution in [3.05, 3.63) is 54.1 Å². The minimum atomic E-state index is -3.99. The molecule has 146 valence electrons. The van der Waals surface area contributed by atoms with Crippen molar-refractivity contribution in [2.75, 3.05) is 18.4 Å². The van der Waals surface area contributed by atoms with Crippen molar-refractivity contribution >= 4 is 27.4 Å². The Balaban J connectivity index is 1.61. The number of rotatable bonds is 4. The number of carbonyl (C=O) groups is 1. The first-order valence-electron chi connectivity index (χ1n) is 8.86. The average molecular weight is 403 g/mol. The molecule has 0 radical (unpaired) electrons.